The molecule has 6 nitrogen and oxygen atoms in total. The molecule has 3 heterocycles. The van der Waals surface area contributed by atoms with Gasteiger partial charge in [-0.15, -0.1) is 11.3 Å². The molecule has 7 heteroatoms. The highest BCUT2D eigenvalue weighted by Gasteiger charge is 2.39. The number of ether oxygens (including phenoxy) is 1. The number of nitrogens with one attached hydrogen (secondary N) is 1. The summed E-state index contributed by atoms with van der Waals surface area (Å²) in [5, 5.41) is 1.94. The number of methoxy groups -OCH3 is 1. The molecule has 1 amide bonds. The molecule has 1 fully saturated rings. The molecule has 2 atom stereocenters. The largest absolute Gasteiger partial charge is 0.497 e. The molecule has 0 spiro atoms. The van der Waals surface area contributed by atoms with Gasteiger partial charge >= 0.3 is 0 Å². The summed E-state index contributed by atoms with van der Waals surface area (Å²) in [4.78, 5) is 35.7. The minimum absolute atomic E-state index is 0.0411. The number of aromatic amines is 1. The number of amides is 1. The van der Waals surface area contributed by atoms with Crippen LogP contribution in [-0.2, 0) is 0 Å². The minimum atomic E-state index is -0.167. The molecule has 1 saturated heterocycles. The second-order valence-electron chi connectivity index (χ2n) is 7.78. The van der Waals surface area contributed by atoms with Gasteiger partial charge in [-0.2, -0.15) is 0 Å². The Morgan fingerprint density at radius 1 is 1.17 bits per heavy atom. The Kier molecular flexibility index (Phi) is 5.47. The SMILES string of the molecule is COc1ccc([C@@H]2CN(C(=O)c3csc(C)c3C)C[C@H]2c2cc(=O)[nH]c(C)n2)cc1. The lowest BCUT2D eigenvalue weighted by atomic mass is 9.86. The zero-order valence-electron chi connectivity index (χ0n) is 17.6. The fourth-order valence-corrected chi connectivity index (χ4v) is 5.00. The average molecular weight is 424 g/mol. The number of H-pyrrole nitrogens is 1. The molecular weight excluding hydrogens is 398 g/mol. The highest BCUT2D eigenvalue weighted by molar-refractivity contribution is 7.10. The summed E-state index contributed by atoms with van der Waals surface area (Å²) in [7, 11) is 1.64. The zero-order valence-corrected chi connectivity index (χ0v) is 18.4. The molecule has 30 heavy (non-hydrogen) atoms. The monoisotopic (exact) mass is 423 g/mol. The van der Waals surface area contributed by atoms with Crippen molar-refractivity contribution in [1.29, 1.82) is 0 Å². The molecule has 1 aliphatic rings. The number of thiophene rings is 1. The van der Waals surface area contributed by atoms with Gasteiger partial charge in [0, 0.05) is 41.2 Å². The van der Waals surface area contributed by atoms with Gasteiger partial charge in [0.1, 0.15) is 11.6 Å². The predicted octanol–water partition coefficient (Wildman–Crippen LogP) is 3.79. The molecule has 0 saturated carbocycles. The smallest absolute Gasteiger partial charge is 0.255 e. The third-order valence-electron chi connectivity index (χ3n) is 5.93. The summed E-state index contributed by atoms with van der Waals surface area (Å²) < 4.78 is 5.29. The third kappa shape index (κ3) is 3.77. The first-order chi connectivity index (χ1) is 14.4. The highest BCUT2D eigenvalue weighted by atomic mass is 32.1. The van der Waals surface area contributed by atoms with Crippen LogP contribution in [-0.4, -0.2) is 41.0 Å². The Hall–Kier alpha value is -2.93. The van der Waals surface area contributed by atoms with Crippen molar-refractivity contribution >= 4 is 17.2 Å². The number of likely N-dealkylation sites (tertiary alicyclic amines) is 1. The lowest BCUT2D eigenvalue weighted by Crippen LogP contribution is -2.29. The van der Waals surface area contributed by atoms with Gasteiger partial charge in [0.25, 0.3) is 11.5 Å². The Morgan fingerprint density at radius 2 is 1.87 bits per heavy atom. The van der Waals surface area contributed by atoms with Crippen LogP contribution in [0.5, 0.6) is 5.75 Å². The van der Waals surface area contributed by atoms with E-state index in [1.807, 2.05) is 48.4 Å². The Balaban J connectivity index is 1.71. The zero-order chi connectivity index (χ0) is 21.4. The molecule has 2 aromatic heterocycles. The first-order valence-electron chi connectivity index (χ1n) is 9.93. The first-order valence-corrected chi connectivity index (χ1v) is 10.8. The van der Waals surface area contributed by atoms with Crippen LogP contribution in [0.15, 0.2) is 40.5 Å². The van der Waals surface area contributed by atoms with Gasteiger partial charge in [0.2, 0.25) is 0 Å². The normalized spacial score (nSPS) is 18.6. The van der Waals surface area contributed by atoms with Crippen molar-refractivity contribution in [1.82, 2.24) is 14.9 Å². The minimum Gasteiger partial charge on any atom is -0.497 e. The lowest BCUT2D eigenvalue weighted by molar-refractivity contribution is 0.0789. The van der Waals surface area contributed by atoms with Crippen molar-refractivity contribution < 1.29 is 9.53 Å². The van der Waals surface area contributed by atoms with Crippen molar-refractivity contribution in [3.8, 4) is 5.75 Å². The van der Waals surface area contributed by atoms with Crippen molar-refractivity contribution in [2.45, 2.75) is 32.6 Å². The molecule has 0 aliphatic carbocycles. The molecular formula is C23H25N3O3S. The van der Waals surface area contributed by atoms with Gasteiger partial charge in [-0.1, -0.05) is 12.1 Å². The second-order valence-corrected chi connectivity index (χ2v) is 8.87. The molecule has 1 aliphatic heterocycles. The summed E-state index contributed by atoms with van der Waals surface area (Å²) in [6.07, 6.45) is 0. The Labute approximate surface area is 179 Å². The topological polar surface area (TPSA) is 75.3 Å². The first kappa shape index (κ1) is 20.3. The van der Waals surface area contributed by atoms with E-state index < -0.39 is 0 Å². The number of benzene rings is 1. The van der Waals surface area contributed by atoms with Gasteiger partial charge in [0.15, 0.2) is 0 Å². The van der Waals surface area contributed by atoms with E-state index in [0.717, 1.165) is 33.0 Å². The third-order valence-corrected chi connectivity index (χ3v) is 6.94. The van der Waals surface area contributed by atoms with Crippen molar-refractivity contribution in [3.05, 3.63) is 79.2 Å². The molecule has 0 radical (unpaired) electrons. The van der Waals surface area contributed by atoms with Crippen LogP contribution < -0.4 is 10.3 Å². The van der Waals surface area contributed by atoms with Gasteiger partial charge in [-0.3, -0.25) is 9.59 Å². The Morgan fingerprint density at radius 3 is 2.47 bits per heavy atom. The predicted molar refractivity (Wildman–Crippen MR) is 118 cm³/mol. The summed E-state index contributed by atoms with van der Waals surface area (Å²) in [5.74, 6) is 1.41. The number of hydrogen-bond acceptors (Lipinski definition) is 5. The molecule has 3 aromatic rings. The quantitative estimate of drug-likeness (QED) is 0.693. The maximum atomic E-state index is 13.3. The maximum Gasteiger partial charge on any atom is 0.255 e. The van der Waals surface area contributed by atoms with Crippen LogP contribution in [0, 0.1) is 20.8 Å². The standard InChI is InChI=1S/C23H25N3O3S/c1-13-14(2)30-12-20(13)23(28)26-10-18(16-5-7-17(29-4)8-6-16)19(11-26)21-9-22(27)25-15(3)24-21/h5-9,12,18-19H,10-11H2,1-4H3,(H,24,25,27)/t18-,19+/m0/s1. The molecule has 0 bridgehead atoms. The van der Waals surface area contributed by atoms with E-state index in [2.05, 4.69) is 9.97 Å². The number of carbonyl (C=O) groups is 1. The van der Waals surface area contributed by atoms with Crippen LogP contribution in [0.4, 0.5) is 0 Å². The number of rotatable bonds is 4. The van der Waals surface area contributed by atoms with Crippen molar-refractivity contribution in [2.75, 3.05) is 20.2 Å². The van der Waals surface area contributed by atoms with E-state index >= 15 is 0 Å². The van der Waals surface area contributed by atoms with Gasteiger partial charge in [0.05, 0.1) is 18.4 Å². The summed E-state index contributed by atoms with van der Waals surface area (Å²) in [6.45, 7) is 6.92. The van der Waals surface area contributed by atoms with E-state index in [9.17, 15) is 9.59 Å². The van der Waals surface area contributed by atoms with Gasteiger partial charge in [-0.25, -0.2) is 4.98 Å². The summed E-state index contributed by atoms with van der Waals surface area (Å²) >= 11 is 1.60. The van der Waals surface area contributed by atoms with Gasteiger partial charge in [-0.05, 0) is 44.0 Å². The maximum absolute atomic E-state index is 13.3. The number of hydrogen-bond donors (Lipinski definition) is 1. The molecule has 4 rings (SSSR count). The van der Waals surface area contributed by atoms with Crippen molar-refractivity contribution in [3.63, 3.8) is 0 Å². The number of aryl methyl sites for hydroxylation is 2. The van der Waals surface area contributed by atoms with E-state index in [0.29, 0.717) is 18.9 Å². The fraction of sp³-hybridized carbons (Fsp3) is 0.348. The van der Waals surface area contributed by atoms with E-state index in [1.54, 1.807) is 31.4 Å². The highest BCUT2D eigenvalue weighted by Crippen LogP contribution is 2.40. The van der Waals surface area contributed by atoms with E-state index in [-0.39, 0.29) is 23.3 Å². The van der Waals surface area contributed by atoms with Crippen LogP contribution >= 0.6 is 11.3 Å². The summed E-state index contributed by atoms with van der Waals surface area (Å²) in [5.41, 5.74) is 3.47. The Bertz CT molecular complexity index is 1130. The molecule has 0 unspecified atom stereocenters. The number of carbonyl (C=O) groups excluding carboxylic acids is 1. The summed E-state index contributed by atoms with van der Waals surface area (Å²) in [6, 6.07) is 9.48. The van der Waals surface area contributed by atoms with Crippen LogP contribution in [0.1, 0.15) is 49.7 Å². The van der Waals surface area contributed by atoms with Crippen LogP contribution in [0.25, 0.3) is 0 Å². The fourth-order valence-electron chi connectivity index (χ4n) is 4.15. The van der Waals surface area contributed by atoms with Crippen LogP contribution in [0.2, 0.25) is 0 Å². The van der Waals surface area contributed by atoms with Gasteiger partial charge < -0.3 is 14.6 Å². The molecule has 1 N–H and O–H groups in total. The molecule has 156 valence electrons. The van der Waals surface area contributed by atoms with Crippen molar-refractivity contribution in [2.24, 2.45) is 0 Å². The lowest BCUT2D eigenvalue weighted by Gasteiger charge is -2.18. The number of aromatic nitrogens is 2. The molecule has 1 aromatic carbocycles. The van der Waals surface area contributed by atoms with Crippen LogP contribution in [0.3, 0.4) is 0 Å². The average Bonchev–Trinajstić information content (AvgIpc) is 3.31. The van der Waals surface area contributed by atoms with E-state index in [1.165, 1.54) is 0 Å². The second kappa shape index (κ2) is 8.07. The van der Waals surface area contributed by atoms with E-state index in [4.69, 9.17) is 4.74 Å². The number of nitrogens with zero attached hydrogens (tertiary/aromatic N) is 2.